The lowest BCUT2D eigenvalue weighted by Crippen LogP contribution is -2.57. The lowest BCUT2D eigenvalue weighted by Gasteiger charge is -2.36. The van der Waals surface area contributed by atoms with E-state index in [2.05, 4.69) is 5.32 Å². The van der Waals surface area contributed by atoms with Crippen LogP contribution in [0.3, 0.4) is 0 Å². The summed E-state index contributed by atoms with van der Waals surface area (Å²) in [5.74, 6) is -0.0694. The van der Waals surface area contributed by atoms with Crippen LogP contribution in [0.5, 0.6) is 0 Å². The fourth-order valence-corrected chi connectivity index (χ4v) is 2.50. The summed E-state index contributed by atoms with van der Waals surface area (Å²) >= 11 is 0. The van der Waals surface area contributed by atoms with E-state index in [0.29, 0.717) is 32.4 Å². The van der Waals surface area contributed by atoms with E-state index < -0.39 is 17.2 Å². The Morgan fingerprint density at radius 3 is 2.05 bits per heavy atom. The van der Waals surface area contributed by atoms with Crippen LogP contribution in [0.2, 0.25) is 0 Å². The molecule has 0 bridgehead atoms. The van der Waals surface area contributed by atoms with Crippen molar-refractivity contribution in [2.24, 2.45) is 5.73 Å². The minimum atomic E-state index is -0.907. The molecule has 3 N–H and O–H groups in total. The highest BCUT2D eigenvalue weighted by atomic mass is 16.5. The SMILES string of the molecule is CCC(CC)(NCCN)C(=O)[C@H](C)O[C@@](C)(CC)C(C)=O. The normalized spacial score (nSPS) is 16.3. The van der Waals surface area contributed by atoms with E-state index in [-0.39, 0.29) is 11.6 Å². The molecule has 124 valence electrons. The molecule has 0 aliphatic rings. The number of ether oxygens (including phenoxy) is 1. The van der Waals surface area contributed by atoms with Gasteiger partial charge in [0.05, 0.1) is 5.54 Å². The zero-order valence-electron chi connectivity index (χ0n) is 14.4. The molecule has 0 spiro atoms. The van der Waals surface area contributed by atoms with Gasteiger partial charge < -0.3 is 15.8 Å². The molecule has 21 heavy (non-hydrogen) atoms. The monoisotopic (exact) mass is 300 g/mol. The highest BCUT2D eigenvalue weighted by Crippen LogP contribution is 2.24. The van der Waals surface area contributed by atoms with Gasteiger partial charge in [-0.1, -0.05) is 20.8 Å². The van der Waals surface area contributed by atoms with E-state index in [1.54, 1.807) is 13.8 Å². The van der Waals surface area contributed by atoms with Crippen molar-refractivity contribution >= 4 is 11.6 Å². The van der Waals surface area contributed by atoms with E-state index in [4.69, 9.17) is 10.5 Å². The summed E-state index contributed by atoms with van der Waals surface area (Å²) in [6.07, 6.45) is 1.24. The predicted molar refractivity (Wildman–Crippen MR) is 85.3 cm³/mol. The molecule has 0 fully saturated rings. The fourth-order valence-electron chi connectivity index (χ4n) is 2.50. The quantitative estimate of drug-likeness (QED) is 0.608. The molecule has 0 aliphatic carbocycles. The summed E-state index contributed by atoms with van der Waals surface area (Å²) in [4.78, 5) is 24.6. The van der Waals surface area contributed by atoms with Gasteiger partial charge in [0.15, 0.2) is 11.6 Å². The number of carbonyl (C=O) groups is 2. The Labute approximate surface area is 129 Å². The van der Waals surface area contributed by atoms with Crippen LogP contribution in [0.15, 0.2) is 0 Å². The lowest BCUT2D eigenvalue weighted by molar-refractivity contribution is -0.158. The van der Waals surface area contributed by atoms with Crippen molar-refractivity contribution in [3.8, 4) is 0 Å². The van der Waals surface area contributed by atoms with Crippen LogP contribution in [0.1, 0.15) is 60.8 Å². The number of nitrogens with two attached hydrogens (primary N) is 1. The van der Waals surface area contributed by atoms with Crippen molar-refractivity contribution in [2.75, 3.05) is 13.1 Å². The Morgan fingerprint density at radius 1 is 1.19 bits per heavy atom. The maximum Gasteiger partial charge on any atom is 0.181 e. The van der Waals surface area contributed by atoms with Crippen LogP contribution >= 0.6 is 0 Å². The molecule has 0 rings (SSSR count). The summed E-state index contributed by atoms with van der Waals surface area (Å²) < 4.78 is 5.83. The van der Waals surface area contributed by atoms with Gasteiger partial charge in [-0.25, -0.2) is 0 Å². The summed E-state index contributed by atoms with van der Waals surface area (Å²) in [5.41, 5.74) is 3.99. The van der Waals surface area contributed by atoms with Crippen LogP contribution in [0.4, 0.5) is 0 Å². The van der Waals surface area contributed by atoms with Crippen molar-refractivity contribution in [2.45, 2.75) is 78.0 Å². The van der Waals surface area contributed by atoms with Gasteiger partial charge in [0.25, 0.3) is 0 Å². The van der Waals surface area contributed by atoms with Crippen molar-refractivity contribution in [1.29, 1.82) is 0 Å². The van der Waals surface area contributed by atoms with Gasteiger partial charge in [-0.3, -0.25) is 9.59 Å². The Balaban J connectivity index is 5.13. The number of rotatable bonds is 11. The second kappa shape index (κ2) is 8.61. The minimum Gasteiger partial charge on any atom is -0.357 e. The molecular formula is C16H32N2O3. The van der Waals surface area contributed by atoms with Crippen LogP contribution < -0.4 is 11.1 Å². The molecule has 0 aromatic rings. The highest BCUT2D eigenvalue weighted by Gasteiger charge is 2.40. The van der Waals surface area contributed by atoms with Crippen LogP contribution in [-0.2, 0) is 14.3 Å². The number of Topliss-reactive ketones (excluding diaryl/α,β-unsaturated/α-hetero) is 2. The number of hydrogen-bond acceptors (Lipinski definition) is 5. The molecule has 0 aromatic heterocycles. The smallest absolute Gasteiger partial charge is 0.181 e. The Kier molecular flexibility index (Phi) is 8.29. The van der Waals surface area contributed by atoms with Crippen molar-refractivity contribution < 1.29 is 14.3 Å². The van der Waals surface area contributed by atoms with Crippen molar-refractivity contribution in [3.63, 3.8) is 0 Å². The maximum absolute atomic E-state index is 12.8. The van der Waals surface area contributed by atoms with Gasteiger partial charge in [-0.15, -0.1) is 0 Å². The fraction of sp³-hybridized carbons (Fsp3) is 0.875. The van der Waals surface area contributed by atoms with E-state index >= 15 is 0 Å². The van der Waals surface area contributed by atoms with E-state index in [0.717, 1.165) is 0 Å². The summed E-state index contributed by atoms with van der Waals surface area (Å²) in [6.45, 7) is 11.9. The molecule has 0 aromatic carbocycles. The first-order chi connectivity index (χ1) is 9.72. The molecule has 5 nitrogen and oxygen atoms in total. The molecule has 2 atom stereocenters. The van der Waals surface area contributed by atoms with Crippen molar-refractivity contribution in [1.82, 2.24) is 5.32 Å². The van der Waals surface area contributed by atoms with E-state index in [1.165, 1.54) is 6.92 Å². The standard InChI is InChI=1S/C16H32N2O3/c1-7-15(6,13(5)19)21-12(4)14(20)16(8-2,9-3)18-11-10-17/h12,18H,7-11,17H2,1-6H3/t12-,15-/m0/s1. The minimum absolute atomic E-state index is 0.0122. The first-order valence-corrected chi connectivity index (χ1v) is 7.91. The Bertz CT molecular complexity index is 353. The average Bonchev–Trinajstić information content (AvgIpc) is 2.48. The second-order valence-corrected chi connectivity index (χ2v) is 5.77. The predicted octanol–water partition coefficient (Wildman–Crippen LogP) is 1.83. The molecule has 0 radical (unpaired) electrons. The van der Waals surface area contributed by atoms with Gasteiger partial charge in [0.2, 0.25) is 0 Å². The van der Waals surface area contributed by atoms with Gasteiger partial charge in [0, 0.05) is 13.1 Å². The number of ketones is 2. The highest BCUT2D eigenvalue weighted by molar-refractivity contribution is 5.92. The molecule has 0 amide bonds. The van der Waals surface area contributed by atoms with Crippen LogP contribution in [-0.4, -0.2) is 41.9 Å². The average molecular weight is 300 g/mol. The molecule has 0 saturated carbocycles. The third kappa shape index (κ3) is 4.87. The molecule has 0 saturated heterocycles. The topological polar surface area (TPSA) is 81.4 Å². The zero-order chi connectivity index (χ0) is 16.7. The third-order valence-corrected chi connectivity index (χ3v) is 4.51. The first kappa shape index (κ1) is 20.2. The van der Waals surface area contributed by atoms with Gasteiger partial charge in [0.1, 0.15) is 11.7 Å². The van der Waals surface area contributed by atoms with Crippen LogP contribution in [0.25, 0.3) is 0 Å². The Morgan fingerprint density at radius 2 is 1.71 bits per heavy atom. The third-order valence-electron chi connectivity index (χ3n) is 4.51. The first-order valence-electron chi connectivity index (χ1n) is 7.91. The largest absolute Gasteiger partial charge is 0.357 e. The zero-order valence-corrected chi connectivity index (χ0v) is 14.4. The van der Waals surface area contributed by atoms with E-state index in [9.17, 15) is 9.59 Å². The second-order valence-electron chi connectivity index (χ2n) is 5.77. The van der Waals surface area contributed by atoms with Gasteiger partial charge in [-0.2, -0.15) is 0 Å². The molecule has 0 heterocycles. The Hall–Kier alpha value is -0.780. The number of hydrogen-bond donors (Lipinski definition) is 2. The maximum atomic E-state index is 12.8. The van der Waals surface area contributed by atoms with Gasteiger partial charge >= 0.3 is 0 Å². The molecule has 5 heteroatoms. The van der Waals surface area contributed by atoms with Gasteiger partial charge in [-0.05, 0) is 40.0 Å². The number of carbonyl (C=O) groups excluding carboxylic acids is 2. The number of nitrogens with one attached hydrogen (secondary N) is 1. The summed E-state index contributed by atoms with van der Waals surface area (Å²) in [6, 6.07) is 0. The van der Waals surface area contributed by atoms with E-state index in [1.807, 2.05) is 20.8 Å². The lowest BCUT2D eigenvalue weighted by atomic mass is 9.85. The summed E-state index contributed by atoms with van der Waals surface area (Å²) in [7, 11) is 0. The summed E-state index contributed by atoms with van der Waals surface area (Å²) in [5, 5.41) is 3.26. The van der Waals surface area contributed by atoms with Crippen molar-refractivity contribution in [3.05, 3.63) is 0 Å². The molecule has 0 unspecified atom stereocenters. The van der Waals surface area contributed by atoms with Crippen LogP contribution in [0, 0.1) is 0 Å². The molecule has 0 aliphatic heterocycles. The molecular weight excluding hydrogens is 268 g/mol.